The Morgan fingerprint density at radius 3 is 2.35 bits per heavy atom. The fraction of sp³-hybridized carbons (Fsp3) is 0.588. The van der Waals surface area contributed by atoms with Gasteiger partial charge in [-0.15, -0.1) is 0 Å². The smallest absolute Gasteiger partial charge is 0.230 e. The number of carbonyl (C=O) groups excluding carboxylic acids is 1. The van der Waals surface area contributed by atoms with Crippen molar-refractivity contribution in [3.05, 3.63) is 35.4 Å². The molecule has 3 nitrogen and oxygen atoms in total. The van der Waals surface area contributed by atoms with Gasteiger partial charge in [-0.2, -0.15) is 0 Å². The number of hydrogen-bond donors (Lipinski definition) is 2. The largest absolute Gasteiger partial charge is 0.391 e. The number of hydrogen-bond acceptors (Lipinski definition) is 2. The molecule has 1 aromatic carbocycles. The highest BCUT2D eigenvalue weighted by Gasteiger charge is 2.30. The van der Waals surface area contributed by atoms with Gasteiger partial charge in [-0.05, 0) is 32.3 Å². The maximum absolute atomic E-state index is 12.3. The van der Waals surface area contributed by atoms with Crippen molar-refractivity contribution in [2.45, 2.75) is 52.6 Å². The Balaban J connectivity index is 2.68. The Hall–Kier alpha value is -1.35. The lowest BCUT2D eigenvalue weighted by Gasteiger charge is -2.26. The second kappa shape index (κ2) is 6.89. The molecule has 1 amide bonds. The average molecular weight is 277 g/mol. The number of amides is 1. The van der Waals surface area contributed by atoms with Crippen molar-refractivity contribution in [1.82, 2.24) is 5.32 Å². The predicted molar refractivity (Wildman–Crippen MR) is 82.7 cm³/mol. The van der Waals surface area contributed by atoms with E-state index in [0.29, 0.717) is 6.54 Å². The van der Waals surface area contributed by atoms with Gasteiger partial charge in [0.05, 0.1) is 11.5 Å². The van der Waals surface area contributed by atoms with Gasteiger partial charge >= 0.3 is 0 Å². The first-order valence-corrected chi connectivity index (χ1v) is 7.32. The molecule has 0 spiro atoms. The Morgan fingerprint density at radius 2 is 1.85 bits per heavy atom. The number of rotatable bonds is 6. The molecule has 112 valence electrons. The summed E-state index contributed by atoms with van der Waals surface area (Å²) in [4.78, 5) is 12.3. The Kier molecular flexibility index (Phi) is 5.75. The molecule has 0 saturated heterocycles. The summed E-state index contributed by atoms with van der Waals surface area (Å²) in [5.74, 6) is 0.140. The fourth-order valence-electron chi connectivity index (χ4n) is 1.99. The van der Waals surface area contributed by atoms with Gasteiger partial charge in [-0.1, -0.05) is 50.1 Å². The number of nitrogens with one attached hydrogen (secondary N) is 1. The molecule has 1 rings (SSSR count). The van der Waals surface area contributed by atoms with Gasteiger partial charge in [0.1, 0.15) is 0 Å². The van der Waals surface area contributed by atoms with E-state index in [9.17, 15) is 9.90 Å². The van der Waals surface area contributed by atoms with Crippen LogP contribution < -0.4 is 5.32 Å². The minimum Gasteiger partial charge on any atom is -0.391 e. The summed E-state index contributed by atoms with van der Waals surface area (Å²) < 4.78 is 0. The van der Waals surface area contributed by atoms with Crippen molar-refractivity contribution in [3.63, 3.8) is 0 Å². The molecule has 0 aliphatic heterocycles. The van der Waals surface area contributed by atoms with E-state index in [0.717, 1.165) is 12.0 Å². The standard InChI is InChI=1S/C17H27NO2/c1-6-13(3)15(19)11-18-16(20)17(4,5)14-9-7-12(2)8-10-14/h7-10,13,15,19H,6,11H2,1-5H3,(H,18,20). The van der Waals surface area contributed by atoms with Crippen LogP contribution in [0.15, 0.2) is 24.3 Å². The summed E-state index contributed by atoms with van der Waals surface area (Å²) in [6.07, 6.45) is 0.413. The molecule has 3 heteroatoms. The van der Waals surface area contributed by atoms with Crippen molar-refractivity contribution in [2.75, 3.05) is 6.54 Å². The fourth-order valence-corrected chi connectivity index (χ4v) is 1.99. The van der Waals surface area contributed by atoms with Crippen LogP contribution in [0.4, 0.5) is 0 Å². The first-order valence-electron chi connectivity index (χ1n) is 7.32. The van der Waals surface area contributed by atoms with E-state index in [2.05, 4.69) is 5.32 Å². The molecular weight excluding hydrogens is 250 g/mol. The van der Waals surface area contributed by atoms with Gasteiger partial charge in [0, 0.05) is 6.54 Å². The number of carbonyl (C=O) groups is 1. The molecule has 0 aromatic heterocycles. The maximum Gasteiger partial charge on any atom is 0.230 e. The molecule has 0 saturated carbocycles. The van der Waals surface area contributed by atoms with E-state index in [1.165, 1.54) is 5.56 Å². The van der Waals surface area contributed by atoms with Crippen LogP contribution in [0.5, 0.6) is 0 Å². The number of aliphatic hydroxyl groups is 1. The van der Waals surface area contributed by atoms with Gasteiger partial charge in [-0.25, -0.2) is 0 Å². The van der Waals surface area contributed by atoms with Crippen molar-refractivity contribution >= 4 is 5.91 Å². The van der Waals surface area contributed by atoms with Crippen LogP contribution in [0.25, 0.3) is 0 Å². The van der Waals surface area contributed by atoms with Gasteiger partial charge in [0.2, 0.25) is 5.91 Å². The molecule has 0 fully saturated rings. The minimum atomic E-state index is -0.594. The van der Waals surface area contributed by atoms with E-state index >= 15 is 0 Å². The molecule has 0 aliphatic rings. The van der Waals surface area contributed by atoms with Gasteiger partial charge in [0.15, 0.2) is 0 Å². The van der Waals surface area contributed by atoms with Crippen LogP contribution in [0, 0.1) is 12.8 Å². The summed E-state index contributed by atoms with van der Waals surface area (Å²) in [7, 11) is 0. The lowest BCUT2D eigenvalue weighted by Crippen LogP contribution is -2.44. The van der Waals surface area contributed by atoms with E-state index in [4.69, 9.17) is 0 Å². The summed E-state index contributed by atoms with van der Waals surface area (Å²) in [5, 5.41) is 12.8. The Labute approximate surface area is 122 Å². The van der Waals surface area contributed by atoms with Gasteiger partial charge in [0.25, 0.3) is 0 Å². The lowest BCUT2D eigenvalue weighted by molar-refractivity contribution is -0.126. The van der Waals surface area contributed by atoms with Crippen molar-refractivity contribution in [1.29, 1.82) is 0 Å². The lowest BCUT2D eigenvalue weighted by atomic mass is 9.83. The van der Waals surface area contributed by atoms with Crippen LogP contribution in [-0.4, -0.2) is 23.7 Å². The highest BCUT2D eigenvalue weighted by atomic mass is 16.3. The molecule has 2 unspecified atom stereocenters. The van der Waals surface area contributed by atoms with Crippen molar-refractivity contribution < 1.29 is 9.90 Å². The van der Waals surface area contributed by atoms with E-state index in [-0.39, 0.29) is 11.8 Å². The zero-order chi connectivity index (χ0) is 15.3. The van der Waals surface area contributed by atoms with Crippen molar-refractivity contribution in [2.24, 2.45) is 5.92 Å². The maximum atomic E-state index is 12.3. The molecule has 0 bridgehead atoms. The molecule has 2 atom stereocenters. The highest BCUT2D eigenvalue weighted by Crippen LogP contribution is 2.23. The zero-order valence-electron chi connectivity index (χ0n) is 13.2. The third-order valence-electron chi connectivity index (χ3n) is 4.11. The second-order valence-corrected chi connectivity index (χ2v) is 6.15. The number of aryl methyl sites for hydroxylation is 1. The van der Waals surface area contributed by atoms with Crippen LogP contribution in [0.1, 0.15) is 45.2 Å². The van der Waals surface area contributed by atoms with E-state index < -0.39 is 11.5 Å². The normalized spacial score (nSPS) is 14.7. The minimum absolute atomic E-state index is 0.0521. The summed E-state index contributed by atoms with van der Waals surface area (Å²) in [5.41, 5.74) is 1.57. The summed E-state index contributed by atoms with van der Waals surface area (Å²) >= 11 is 0. The molecular formula is C17H27NO2. The molecule has 1 aromatic rings. The monoisotopic (exact) mass is 277 g/mol. The quantitative estimate of drug-likeness (QED) is 0.840. The Morgan fingerprint density at radius 1 is 1.30 bits per heavy atom. The van der Waals surface area contributed by atoms with Crippen LogP contribution in [0.3, 0.4) is 0 Å². The van der Waals surface area contributed by atoms with E-state index in [1.54, 1.807) is 0 Å². The SMILES string of the molecule is CCC(C)C(O)CNC(=O)C(C)(C)c1ccc(C)cc1. The number of aliphatic hydroxyl groups excluding tert-OH is 1. The van der Waals surface area contributed by atoms with Crippen LogP contribution in [-0.2, 0) is 10.2 Å². The third-order valence-corrected chi connectivity index (χ3v) is 4.11. The first-order chi connectivity index (χ1) is 9.28. The highest BCUT2D eigenvalue weighted by molar-refractivity contribution is 5.87. The Bertz CT molecular complexity index is 437. The predicted octanol–water partition coefficient (Wildman–Crippen LogP) is 2.80. The summed E-state index contributed by atoms with van der Waals surface area (Å²) in [6, 6.07) is 8.00. The molecule has 0 aliphatic carbocycles. The molecule has 2 N–H and O–H groups in total. The zero-order valence-corrected chi connectivity index (χ0v) is 13.2. The van der Waals surface area contributed by atoms with Gasteiger partial charge in [-0.3, -0.25) is 4.79 Å². The summed E-state index contributed by atoms with van der Waals surface area (Å²) in [6.45, 7) is 10.2. The van der Waals surface area contributed by atoms with E-state index in [1.807, 2.05) is 58.9 Å². The molecule has 20 heavy (non-hydrogen) atoms. The van der Waals surface area contributed by atoms with Gasteiger partial charge < -0.3 is 10.4 Å². The topological polar surface area (TPSA) is 49.3 Å². The second-order valence-electron chi connectivity index (χ2n) is 6.15. The first kappa shape index (κ1) is 16.7. The van der Waals surface area contributed by atoms with Crippen molar-refractivity contribution in [3.8, 4) is 0 Å². The van der Waals surface area contributed by atoms with Crippen LogP contribution in [0.2, 0.25) is 0 Å². The third kappa shape index (κ3) is 4.07. The van der Waals surface area contributed by atoms with Crippen LogP contribution >= 0.6 is 0 Å². The molecule has 0 heterocycles. The molecule has 0 radical (unpaired) electrons. The number of benzene rings is 1. The average Bonchev–Trinajstić information content (AvgIpc) is 2.43.